The third-order valence-corrected chi connectivity index (χ3v) is 5.72. The Labute approximate surface area is 219 Å². The van der Waals surface area contributed by atoms with Crippen LogP contribution >= 0.6 is 0 Å². The van der Waals surface area contributed by atoms with Gasteiger partial charge < -0.3 is 23.9 Å². The molecule has 0 bridgehead atoms. The predicted octanol–water partition coefficient (Wildman–Crippen LogP) is 5.31. The van der Waals surface area contributed by atoms with Crippen LogP contribution in [0.15, 0.2) is 88.1 Å². The van der Waals surface area contributed by atoms with Crippen LogP contribution in [-0.2, 0) is 4.79 Å². The zero-order chi connectivity index (χ0) is 27.1. The number of benzene rings is 3. The number of fused-ring (bicyclic) bond motifs is 1. The highest BCUT2D eigenvalue weighted by atomic mass is 16.5. The molecule has 0 saturated carbocycles. The lowest BCUT2D eigenvalue weighted by Crippen LogP contribution is -2.30. The molecule has 1 atom stereocenters. The number of hydrogen-bond acceptors (Lipinski definition) is 7. The first-order chi connectivity index (χ1) is 18.4. The van der Waals surface area contributed by atoms with Crippen molar-refractivity contribution in [3.63, 3.8) is 0 Å². The predicted molar refractivity (Wildman–Crippen MR) is 144 cm³/mol. The SMILES string of the molecule is CCOc1ccc(/C=C/C(=O)Oc2ccc3cc(C(=O)NC(C)c4ccccc4)c(=O)oc3c2)cc1OC. The number of esters is 1. The van der Waals surface area contributed by atoms with E-state index in [2.05, 4.69) is 5.32 Å². The van der Waals surface area contributed by atoms with Crippen LogP contribution in [0.2, 0.25) is 0 Å². The maximum Gasteiger partial charge on any atom is 0.349 e. The number of nitrogens with one attached hydrogen (secondary N) is 1. The lowest BCUT2D eigenvalue weighted by atomic mass is 10.1. The molecule has 0 aliphatic carbocycles. The first-order valence-corrected chi connectivity index (χ1v) is 12.0. The van der Waals surface area contributed by atoms with Crippen molar-refractivity contribution in [1.82, 2.24) is 5.32 Å². The van der Waals surface area contributed by atoms with Gasteiger partial charge >= 0.3 is 11.6 Å². The third-order valence-electron chi connectivity index (χ3n) is 5.72. The van der Waals surface area contributed by atoms with Crippen LogP contribution in [0.4, 0.5) is 0 Å². The summed E-state index contributed by atoms with van der Waals surface area (Å²) < 4.78 is 21.5. The lowest BCUT2D eigenvalue weighted by molar-refractivity contribution is -0.128. The topological polar surface area (TPSA) is 104 Å². The summed E-state index contributed by atoms with van der Waals surface area (Å²) in [6, 6.07) is 20.5. The summed E-state index contributed by atoms with van der Waals surface area (Å²) in [5, 5.41) is 3.32. The minimum atomic E-state index is -0.789. The summed E-state index contributed by atoms with van der Waals surface area (Å²) in [6.07, 6.45) is 2.86. The van der Waals surface area contributed by atoms with Crippen LogP contribution in [0, 0.1) is 0 Å². The average Bonchev–Trinajstić information content (AvgIpc) is 2.92. The highest BCUT2D eigenvalue weighted by Gasteiger charge is 2.17. The van der Waals surface area contributed by atoms with Gasteiger partial charge in [0.15, 0.2) is 11.5 Å². The fourth-order valence-electron chi connectivity index (χ4n) is 3.79. The van der Waals surface area contributed by atoms with E-state index in [1.165, 1.54) is 18.2 Å². The van der Waals surface area contributed by atoms with Crippen LogP contribution in [0.1, 0.15) is 41.4 Å². The van der Waals surface area contributed by atoms with Crippen molar-refractivity contribution in [1.29, 1.82) is 0 Å². The largest absolute Gasteiger partial charge is 0.493 e. The molecule has 4 rings (SSSR count). The minimum absolute atomic E-state index is 0.112. The molecule has 194 valence electrons. The van der Waals surface area contributed by atoms with Crippen LogP contribution < -0.4 is 25.2 Å². The maximum atomic E-state index is 12.7. The van der Waals surface area contributed by atoms with E-state index in [0.29, 0.717) is 23.5 Å². The summed E-state index contributed by atoms with van der Waals surface area (Å²) in [6.45, 7) is 4.22. The van der Waals surface area contributed by atoms with Gasteiger partial charge in [-0.2, -0.15) is 0 Å². The lowest BCUT2D eigenvalue weighted by Gasteiger charge is -2.14. The first kappa shape index (κ1) is 26.2. The van der Waals surface area contributed by atoms with Gasteiger partial charge in [0.2, 0.25) is 0 Å². The number of hydrogen-bond donors (Lipinski definition) is 1. The van der Waals surface area contributed by atoms with Crippen molar-refractivity contribution in [3.05, 3.63) is 106 Å². The molecule has 0 radical (unpaired) electrons. The summed E-state index contributed by atoms with van der Waals surface area (Å²) in [5.74, 6) is 0.191. The van der Waals surface area contributed by atoms with E-state index in [1.807, 2.05) is 44.2 Å². The maximum absolute atomic E-state index is 12.7. The van der Waals surface area contributed by atoms with Gasteiger partial charge in [-0.05, 0) is 61.4 Å². The molecule has 0 saturated heterocycles. The van der Waals surface area contributed by atoms with Gasteiger partial charge in [-0.1, -0.05) is 36.4 Å². The van der Waals surface area contributed by atoms with Crippen LogP contribution in [0.25, 0.3) is 17.0 Å². The number of ether oxygens (including phenoxy) is 3. The Bertz CT molecular complexity index is 1540. The molecular formula is C30H27NO7. The van der Waals surface area contributed by atoms with Crippen LogP contribution in [-0.4, -0.2) is 25.6 Å². The number of carbonyl (C=O) groups excluding carboxylic acids is 2. The van der Waals surface area contributed by atoms with E-state index in [9.17, 15) is 14.4 Å². The molecule has 1 heterocycles. The van der Waals surface area contributed by atoms with Crippen LogP contribution in [0.3, 0.4) is 0 Å². The molecule has 0 aliphatic heterocycles. The Morgan fingerprint density at radius 2 is 1.79 bits per heavy atom. The molecule has 1 amide bonds. The number of methoxy groups -OCH3 is 1. The molecule has 0 spiro atoms. The van der Waals surface area contributed by atoms with E-state index in [0.717, 1.165) is 11.1 Å². The van der Waals surface area contributed by atoms with Gasteiger partial charge in [-0.3, -0.25) is 4.79 Å². The summed E-state index contributed by atoms with van der Waals surface area (Å²) in [7, 11) is 1.54. The Hall–Kier alpha value is -4.85. The fraction of sp³-hybridized carbons (Fsp3) is 0.167. The molecule has 8 heteroatoms. The Balaban J connectivity index is 1.45. The van der Waals surface area contributed by atoms with Crippen molar-refractivity contribution in [2.24, 2.45) is 0 Å². The van der Waals surface area contributed by atoms with Gasteiger partial charge in [0.25, 0.3) is 5.91 Å². The molecular weight excluding hydrogens is 486 g/mol. The second-order valence-corrected chi connectivity index (χ2v) is 8.35. The minimum Gasteiger partial charge on any atom is -0.493 e. The standard InChI is InChI=1S/C30H27NO7/c1-4-36-25-14-10-20(16-27(25)35-3)11-15-28(32)37-23-13-12-22-17-24(30(34)38-26(22)18-23)29(33)31-19(2)21-8-6-5-7-9-21/h5-19H,4H2,1-3H3,(H,31,33)/b15-11+. The summed E-state index contributed by atoms with van der Waals surface area (Å²) in [4.78, 5) is 37.6. The van der Waals surface area contributed by atoms with E-state index in [-0.39, 0.29) is 22.9 Å². The molecule has 38 heavy (non-hydrogen) atoms. The highest BCUT2D eigenvalue weighted by molar-refractivity contribution is 5.97. The quantitative estimate of drug-likeness (QED) is 0.140. The van der Waals surface area contributed by atoms with E-state index < -0.39 is 17.5 Å². The highest BCUT2D eigenvalue weighted by Crippen LogP contribution is 2.28. The monoisotopic (exact) mass is 513 g/mol. The Kier molecular flexibility index (Phi) is 8.23. The summed E-state index contributed by atoms with van der Waals surface area (Å²) >= 11 is 0. The average molecular weight is 514 g/mol. The van der Waals surface area contributed by atoms with Crippen molar-refractivity contribution < 1.29 is 28.2 Å². The molecule has 3 aromatic carbocycles. The molecule has 8 nitrogen and oxygen atoms in total. The van der Waals surface area contributed by atoms with Gasteiger partial charge in [0.1, 0.15) is 16.9 Å². The first-order valence-electron chi connectivity index (χ1n) is 12.0. The number of amides is 1. The number of rotatable bonds is 9. The van der Waals surface area contributed by atoms with Gasteiger partial charge in [-0.15, -0.1) is 0 Å². The van der Waals surface area contributed by atoms with Crippen molar-refractivity contribution >= 4 is 28.9 Å². The normalized spacial score (nSPS) is 11.8. The molecule has 1 unspecified atom stereocenters. The second-order valence-electron chi connectivity index (χ2n) is 8.35. The Morgan fingerprint density at radius 1 is 1.00 bits per heavy atom. The smallest absolute Gasteiger partial charge is 0.349 e. The molecule has 1 aromatic heterocycles. The second kappa shape index (κ2) is 11.9. The van der Waals surface area contributed by atoms with E-state index in [4.69, 9.17) is 18.6 Å². The molecule has 1 N–H and O–H groups in total. The van der Waals surface area contributed by atoms with Gasteiger partial charge in [0, 0.05) is 17.5 Å². The summed E-state index contributed by atoms with van der Waals surface area (Å²) in [5.41, 5.74) is 0.919. The molecule has 4 aromatic rings. The Morgan fingerprint density at radius 3 is 2.53 bits per heavy atom. The molecule has 0 fully saturated rings. The number of carbonyl (C=O) groups is 2. The van der Waals surface area contributed by atoms with Crippen molar-refractivity contribution in [2.45, 2.75) is 19.9 Å². The van der Waals surface area contributed by atoms with E-state index in [1.54, 1.807) is 43.5 Å². The molecule has 0 aliphatic rings. The zero-order valence-corrected chi connectivity index (χ0v) is 21.2. The van der Waals surface area contributed by atoms with Crippen LogP contribution in [0.5, 0.6) is 17.2 Å². The third kappa shape index (κ3) is 6.28. The van der Waals surface area contributed by atoms with Crippen molar-refractivity contribution in [2.75, 3.05) is 13.7 Å². The van der Waals surface area contributed by atoms with Gasteiger partial charge in [0.05, 0.1) is 19.8 Å². The van der Waals surface area contributed by atoms with Crippen molar-refractivity contribution in [3.8, 4) is 17.2 Å². The van der Waals surface area contributed by atoms with E-state index >= 15 is 0 Å². The van der Waals surface area contributed by atoms with Gasteiger partial charge in [-0.25, -0.2) is 9.59 Å². The fourth-order valence-corrected chi connectivity index (χ4v) is 3.79. The zero-order valence-electron chi connectivity index (χ0n) is 21.2.